The Morgan fingerprint density at radius 3 is 2.67 bits per heavy atom. The molecule has 0 heterocycles. The number of para-hydroxylation sites is 2. The third-order valence-electron chi connectivity index (χ3n) is 2.31. The van der Waals surface area contributed by atoms with Gasteiger partial charge in [0.05, 0.1) is 4.92 Å². The van der Waals surface area contributed by atoms with Gasteiger partial charge in [-0.3, -0.25) is 14.9 Å². The molecule has 0 unspecified atom stereocenters. The first-order chi connectivity index (χ1) is 7.18. The molecule has 1 amide bonds. The summed E-state index contributed by atoms with van der Waals surface area (Å²) in [4.78, 5) is 21.6. The third kappa shape index (κ3) is 2.12. The maximum absolute atomic E-state index is 11.4. The number of nitrogens with zero attached hydrogens (tertiary/aromatic N) is 1. The molecule has 2 rings (SSSR count). The largest absolute Gasteiger partial charge is 0.320 e. The van der Waals surface area contributed by atoms with E-state index < -0.39 is 4.92 Å². The van der Waals surface area contributed by atoms with Crippen LogP contribution in [0.3, 0.4) is 0 Å². The van der Waals surface area contributed by atoms with Crippen LogP contribution in [0.25, 0.3) is 0 Å². The molecule has 78 valence electrons. The van der Waals surface area contributed by atoms with Gasteiger partial charge in [-0.2, -0.15) is 0 Å². The first kappa shape index (κ1) is 9.64. The number of nitro groups is 1. The molecule has 0 atom stereocenters. The van der Waals surface area contributed by atoms with E-state index in [1.54, 1.807) is 18.2 Å². The molecule has 0 aliphatic heterocycles. The van der Waals surface area contributed by atoms with Crippen LogP contribution in [0.1, 0.15) is 12.8 Å². The molecule has 1 aromatic rings. The number of rotatable bonds is 3. The van der Waals surface area contributed by atoms with E-state index in [0.29, 0.717) is 0 Å². The Balaban J connectivity index is 2.19. The van der Waals surface area contributed by atoms with Gasteiger partial charge < -0.3 is 5.32 Å². The zero-order valence-electron chi connectivity index (χ0n) is 7.97. The molecule has 1 aromatic carbocycles. The molecule has 0 spiro atoms. The Morgan fingerprint density at radius 1 is 1.40 bits per heavy atom. The first-order valence-corrected chi connectivity index (χ1v) is 4.73. The summed E-state index contributed by atoms with van der Waals surface area (Å²) in [5.41, 5.74) is 0.214. The highest BCUT2D eigenvalue weighted by Gasteiger charge is 2.30. The SMILES string of the molecule is O=C(Nc1ccccc1[N+](=O)[O-])C1CC1. The van der Waals surface area contributed by atoms with Gasteiger partial charge in [0.1, 0.15) is 5.69 Å². The van der Waals surface area contributed by atoms with Gasteiger partial charge >= 0.3 is 0 Å². The summed E-state index contributed by atoms with van der Waals surface area (Å²) in [6.07, 6.45) is 1.76. The fraction of sp³-hybridized carbons (Fsp3) is 0.300. The molecule has 1 saturated carbocycles. The van der Waals surface area contributed by atoms with Crippen molar-refractivity contribution < 1.29 is 9.72 Å². The quantitative estimate of drug-likeness (QED) is 0.606. The van der Waals surface area contributed by atoms with Crippen molar-refractivity contribution in [1.82, 2.24) is 0 Å². The van der Waals surface area contributed by atoms with Gasteiger partial charge in [0.25, 0.3) is 5.69 Å². The summed E-state index contributed by atoms with van der Waals surface area (Å²) in [6, 6.07) is 6.15. The number of anilines is 1. The van der Waals surface area contributed by atoms with Gasteiger partial charge in [0.2, 0.25) is 5.91 Å². The Hall–Kier alpha value is -1.91. The van der Waals surface area contributed by atoms with Crippen molar-refractivity contribution in [1.29, 1.82) is 0 Å². The van der Waals surface area contributed by atoms with Crippen molar-refractivity contribution in [3.63, 3.8) is 0 Å². The smallest absolute Gasteiger partial charge is 0.292 e. The van der Waals surface area contributed by atoms with Crippen LogP contribution >= 0.6 is 0 Å². The highest BCUT2D eigenvalue weighted by atomic mass is 16.6. The summed E-state index contributed by atoms with van der Waals surface area (Å²) in [6.45, 7) is 0. The second-order valence-corrected chi connectivity index (χ2v) is 3.54. The maximum Gasteiger partial charge on any atom is 0.292 e. The third-order valence-corrected chi connectivity index (χ3v) is 2.31. The molecule has 1 aliphatic rings. The van der Waals surface area contributed by atoms with E-state index in [-0.39, 0.29) is 23.2 Å². The van der Waals surface area contributed by atoms with Crippen molar-refractivity contribution in [2.75, 3.05) is 5.32 Å². The monoisotopic (exact) mass is 206 g/mol. The standard InChI is InChI=1S/C10H10N2O3/c13-10(7-5-6-7)11-8-3-1-2-4-9(8)12(14)15/h1-4,7H,5-6H2,(H,11,13). The lowest BCUT2D eigenvalue weighted by Gasteiger charge is -2.03. The minimum absolute atomic E-state index is 0.0461. The number of hydrogen-bond acceptors (Lipinski definition) is 3. The average Bonchev–Trinajstić information content (AvgIpc) is 3.01. The maximum atomic E-state index is 11.4. The normalized spacial score (nSPS) is 14.7. The Labute approximate surface area is 86.2 Å². The van der Waals surface area contributed by atoms with Crippen LogP contribution in [0.5, 0.6) is 0 Å². The molecule has 0 aromatic heterocycles. The van der Waals surface area contributed by atoms with Gasteiger partial charge in [0, 0.05) is 12.0 Å². The van der Waals surface area contributed by atoms with E-state index in [4.69, 9.17) is 0 Å². The molecule has 1 N–H and O–H groups in total. The van der Waals surface area contributed by atoms with Crippen LogP contribution in [0.2, 0.25) is 0 Å². The van der Waals surface area contributed by atoms with E-state index in [2.05, 4.69) is 5.32 Å². The molecule has 5 nitrogen and oxygen atoms in total. The predicted octanol–water partition coefficient (Wildman–Crippen LogP) is 1.94. The van der Waals surface area contributed by atoms with E-state index in [1.807, 2.05) is 0 Å². The lowest BCUT2D eigenvalue weighted by molar-refractivity contribution is -0.383. The van der Waals surface area contributed by atoms with Crippen molar-refractivity contribution in [3.8, 4) is 0 Å². The number of carbonyl (C=O) groups excluding carboxylic acids is 1. The van der Waals surface area contributed by atoms with E-state index in [9.17, 15) is 14.9 Å². The van der Waals surface area contributed by atoms with Crippen LogP contribution < -0.4 is 5.32 Å². The van der Waals surface area contributed by atoms with E-state index in [1.165, 1.54) is 6.07 Å². The molecular formula is C10H10N2O3. The molecule has 1 fully saturated rings. The average molecular weight is 206 g/mol. The molecule has 0 saturated heterocycles. The number of nitro benzene ring substituents is 1. The van der Waals surface area contributed by atoms with Crippen molar-refractivity contribution in [3.05, 3.63) is 34.4 Å². The zero-order valence-corrected chi connectivity index (χ0v) is 7.97. The number of nitrogens with one attached hydrogen (secondary N) is 1. The summed E-state index contributed by atoms with van der Waals surface area (Å²) >= 11 is 0. The fourth-order valence-corrected chi connectivity index (χ4v) is 1.32. The van der Waals surface area contributed by atoms with Crippen molar-refractivity contribution in [2.24, 2.45) is 5.92 Å². The van der Waals surface area contributed by atoms with Crippen molar-refractivity contribution >= 4 is 17.3 Å². The number of hydrogen-bond donors (Lipinski definition) is 1. The second-order valence-electron chi connectivity index (χ2n) is 3.54. The highest BCUT2D eigenvalue weighted by molar-refractivity contribution is 5.95. The van der Waals surface area contributed by atoms with Crippen LogP contribution in [-0.4, -0.2) is 10.8 Å². The molecular weight excluding hydrogens is 196 g/mol. The molecule has 0 radical (unpaired) electrons. The summed E-state index contributed by atoms with van der Waals surface area (Å²) in [5, 5.41) is 13.2. The Kier molecular flexibility index (Phi) is 2.37. The molecule has 1 aliphatic carbocycles. The van der Waals surface area contributed by atoms with Gasteiger partial charge in [-0.25, -0.2) is 0 Å². The first-order valence-electron chi connectivity index (χ1n) is 4.73. The number of carbonyl (C=O) groups is 1. The van der Waals surface area contributed by atoms with Gasteiger partial charge in [-0.1, -0.05) is 12.1 Å². The second kappa shape index (κ2) is 3.68. The van der Waals surface area contributed by atoms with Crippen LogP contribution in [0, 0.1) is 16.0 Å². The summed E-state index contributed by atoms with van der Waals surface area (Å²) in [7, 11) is 0. The van der Waals surface area contributed by atoms with Crippen LogP contribution in [0.15, 0.2) is 24.3 Å². The number of amides is 1. The van der Waals surface area contributed by atoms with Gasteiger partial charge in [-0.05, 0) is 18.9 Å². The summed E-state index contributed by atoms with van der Waals surface area (Å²) in [5.74, 6) is -0.0749. The topological polar surface area (TPSA) is 72.2 Å². The highest BCUT2D eigenvalue weighted by Crippen LogP contribution is 2.31. The van der Waals surface area contributed by atoms with Gasteiger partial charge in [0.15, 0.2) is 0 Å². The Morgan fingerprint density at radius 2 is 2.07 bits per heavy atom. The van der Waals surface area contributed by atoms with E-state index in [0.717, 1.165) is 12.8 Å². The lowest BCUT2D eigenvalue weighted by Crippen LogP contribution is -2.14. The van der Waals surface area contributed by atoms with Crippen LogP contribution in [0.4, 0.5) is 11.4 Å². The van der Waals surface area contributed by atoms with E-state index >= 15 is 0 Å². The van der Waals surface area contributed by atoms with Gasteiger partial charge in [-0.15, -0.1) is 0 Å². The molecule has 15 heavy (non-hydrogen) atoms. The summed E-state index contributed by atoms with van der Waals surface area (Å²) < 4.78 is 0. The lowest BCUT2D eigenvalue weighted by atomic mass is 10.2. The predicted molar refractivity (Wildman–Crippen MR) is 54.5 cm³/mol. The fourth-order valence-electron chi connectivity index (χ4n) is 1.32. The van der Waals surface area contributed by atoms with Crippen LogP contribution in [-0.2, 0) is 4.79 Å². The zero-order chi connectivity index (χ0) is 10.8. The van der Waals surface area contributed by atoms with Crippen molar-refractivity contribution in [2.45, 2.75) is 12.8 Å². The molecule has 0 bridgehead atoms. The molecule has 5 heteroatoms. The Bertz CT molecular complexity index is 413. The minimum atomic E-state index is -0.498. The minimum Gasteiger partial charge on any atom is -0.320 e. The number of benzene rings is 1.